The molecular formula is C17H16N2O2. The van der Waals surface area contributed by atoms with Crippen molar-refractivity contribution in [1.82, 2.24) is 4.90 Å². The number of benzene rings is 2. The van der Waals surface area contributed by atoms with E-state index in [9.17, 15) is 10.1 Å². The van der Waals surface area contributed by atoms with E-state index < -0.39 is 12.0 Å². The molecule has 21 heavy (non-hydrogen) atoms. The zero-order chi connectivity index (χ0) is 15.1. The number of carbonyl (C=O) groups is 1. The minimum absolute atomic E-state index is 0.179. The predicted molar refractivity (Wildman–Crippen MR) is 79.3 cm³/mol. The second kappa shape index (κ2) is 7.22. The third-order valence-electron chi connectivity index (χ3n) is 3.17. The molecule has 0 aliphatic rings. The van der Waals surface area contributed by atoms with Gasteiger partial charge >= 0.3 is 5.97 Å². The summed E-state index contributed by atoms with van der Waals surface area (Å²) in [6, 6.07) is 20.4. The van der Waals surface area contributed by atoms with Crippen LogP contribution in [-0.4, -0.2) is 22.5 Å². The summed E-state index contributed by atoms with van der Waals surface area (Å²) in [6.07, 6.45) is 0. The molecule has 2 aromatic carbocycles. The van der Waals surface area contributed by atoms with Crippen molar-refractivity contribution in [3.63, 3.8) is 0 Å². The first-order chi connectivity index (χ1) is 10.2. The molecule has 4 heteroatoms. The van der Waals surface area contributed by atoms with Gasteiger partial charge < -0.3 is 5.11 Å². The van der Waals surface area contributed by atoms with Crippen molar-refractivity contribution in [2.75, 3.05) is 6.54 Å². The Morgan fingerprint density at radius 1 is 1.10 bits per heavy atom. The average Bonchev–Trinajstić information content (AvgIpc) is 2.49. The maximum Gasteiger partial charge on any atom is 0.317 e. The molecule has 0 amide bonds. The number of hydrogen-bond acceptors (Lipinski definition) is 3. The summed E-state index contributed by atoms with van der Waals surface area (Å²) in [6.45, 7) is 0.238. The molecule has 2 rings (SSSR count). The third kappa shape index (κ3) is 4.16. The van der Waals surface area contributed by atoms with Crippen molar-refractivity contribution < 1.29 is 9.90 Å². The van der Waals surface area contributed by atoms with Crippen LogP contribution in [0.2, 0.25) is 0 Å². The van der Waals surface area contributed by atoms with E-state index in [0.29, 0.717) is 6.54 Å². The van der Waals surface area contributed by atoms with Crippen LogP contribution in [0.5, 0.6) is 0 Å². The summed E-state index contributed by atoms with van der Waals surface area (Å²) >= 11 is 0. The maximum atomic E-state index is 11.1. The Bertz CT molecular complexity index is 620. The predicted octanol–water partition coefficient (Wildman–Crippen LogP) is 2.84. The van der Waals surface area contributed by atoms with Crippen LogP contribution >= 0.6 is 0 Å². The van der Waals surface area contributed by atoms with Crippen molar-refractivity contribution in [1.29, 1.82) is 5.26 Å². The number of rotatable bonds is 6. The minimum Gasteiger partial charge on any atom is -0.480 e. The minimum atomic E-state index is -0.942. The lowest BCUT2D eigenvalue weighted by Gasteiger charge is -2.25. The van der Waals surface area contributed by atoms with Gasteiger partial charge in [-0.1, -0.05) is 60.7 Å². The Morgan fingerprint density at radius 2 is 1.67 bits per heavy atom. The lowest BCUT2D eigenvalue weighted by molar-refractivity contribution is -0.138. The molecule has 0 fully saturated rings. The van der Waals surface area contributed by atoms with E-state index in [1.807, 2.05) is 60.7 Å². The number of hydrogen-bond donors (Lipinski definition) is 1. The number of carboxylic acid groups (broad SMARTS) is 1. The Hall–Kier alpha value is -2.64. The van der Waals surface area contributed by atoms with E-state index in [2.05, 4.69) is 6.07 Å². The number of nitrogens with zero attached hydrogens (tertiary/aromatic N) is 2. The second-order valence-corrected chi connectivity index (χ2v) is 4.73. The molecule has 0 bridgehead atoms. The number of nitriles is 1. The zero-order valence-electron chi connectivity index (χ0n) is 11.5. The highest BCUT2D eigenvalue weighted by molar-refractivity contribution is 5.69. The fourth-order valence-electron chi connectivity index (χ4n) is 2.23. The lowest BCUT2D eigenvalue weighted by atomic mass is 10.1. The quantitative estimate of drug-likeness (QED) is 0.883. The van der Waals surface area contributed by atoms with Crippen LogP contribution in [0.25, 0.3) is 0 Å². The molecule has 106 valence electrons. The van der Waals surface area contributed by atoms with Crippen LogP contribution in [-0.2, 0) is 11.3 Å². The summed E-state index contributed by atoms with van der Waals surface area (Å²) in [4.78, 5) is 12.8. The summed E-state index contributed by atoms with van der Waals surface area (Å²) < 4.78 is 0. The van der Waals surface area contributed by atoms with E-state index in [-0.39, 0.29) is 6.54 Å². The second-order valence-electron chi connectivity index (χ2n) is 4.73. The molecule has 0 aliphatic heterocycles. The molecule has 2 aromatic rings. The largest absolute Gasteiger partial charge is 0.480 e. The highest BCUT2D eigenvalue weighted by Gasteiger charge is 2.22. The van der Waals surface area contributed by atoms with Gasteiger partial charge in [-0.05, 0) is 11.1 Å². The first-order valence-corrected chi connectivity index (χ1v) is 6.65. The summed E-state index contributed by atoms with van der Waals surface area (Å²) in [7, 11) is 0. The van der Waals surface area contributed by atoms with Crippen LogP contribution in [0.3, 0.4) is 0 Å². The van der Waals surface area contributed by atoms with Crippen LogP contribution in [0, 0.1) is 11.3 Å². The number of aliphatic carboxylic acids is 1. The first-order valence-electron chi connectivity index (χ1n) is 6.65. The van der Waals surface area contributed by atoms with Gasteiger partial charge in [-0.15, -0.1) is 0 Å². The van der Waals surface area contributed by atoms with Gasteiger partial charge in [0.1, 0.15) is 6.04 Å². The summed E-state index contributed by atoms with van der Waals surface area (Å²) in [5.41, 5.74) is 1.78. The summed E-state index contributed by atoms with van der Waals surface area (Å²) in [5.74, 6) is -0.942. The Morgan fingerprint density at radius 3 is 2.19 bits per heavy atom. The van der Waals surface area contributed by atoms with Gasteiger partial charge in [0.15, 0.2) is 0 Å². The van der Waals surface area contributed by atoms with Crippen LogP contribution in [0.4, 0.5) is 0 Å². The average molecular weight is 280 g/mol. The molecule has 0 saturated carbocycles. The fraction of sp³-hybridized carbons (Fsp3) is 0.176. The Balaban J connectivity index is 2.26. The molecule has 4 nitrogen and oxygen atoms in total. The third-order valence-corrected chi connectivity index (χ3v) is 3.17. The highest BCUT2D eigenvalue weighted by Crippen LogP contribution is 2.21. The fourth-order valence-corrected chi connectivity index (χ4v) is 2.23. The molecule has 0 spiro atoms. The van der Waals surface area contributed by atoms with Crippen molar-refractivity contribution in [3.05, 3.63) is 71.8 Å². The standard InChI is InChI=1S/C17H16N2O2/c18-11-16(15-9-5-2-6-10-15)19(13-17(20)21)12-14-7-3-1-4-8-14/h1-10,16H,12-13H2,(H,20,21). The van der Waals surface area contributed by atoms with Crippen molar-refractivity contribution in [3.8, 4) is 6.07 Å². The van der Waals surface area contributed by atoms with Crippen LogP contribution < -0.4 is 0 Å². The molecule has 0 radical (unpaired) electrons. The Kier molecular flexibility index (Phi) is 5.08. The maximum absolute atomic E-state index is 11.1. The zero-order valence-corrected chi connectivity index (χ0v) is 11.5. The molecule has 0 saturated heterocycles. The van der Waals surface area contributed by atoms with Crippen molar-refractivity contribution in [2.24, 2.45) is 0 Å². The van der Waals surface area contributed by atoms with Crippen LogP contribution in [0.15, 0.2) is 60.7 Å². The highest BCUT2D eigenvalue weighted by atomic mass is 16.4. The van der Waals surface area contributed by atoms with Gasteiger partial charge in [-0.2, -0.15) is 5.26 Å². The molecule has 1 unspecified atom stereocenters. The molecule has 1 N–H and O–H groups in total. The normalized spacial score (nSPS) is 11.8. The molecule has 0 heterocycles. The smallest absolute Gasteiger partial charge is 0.317 e. The molecule has 1 atom stereocenters. The monoisotopic (exact) mass is 280 g/mol. The van der Waals surface area contributed by atoms with Gasteiger partial charge in [0.2, 0.25) is 0 Å². The van der Waals surface area contributed by atoms with Gasteiger partial charge in [-0.3, -0.25) is 9.69 Å². The summed E-state index contributed by atoms with van der Waals surface area (Å²) in [5, 5.41) is 18.6. The van der Waals surface area contributed by atoms with Gasteiger partial charge in [0, 0.05) is 6.54 Å². The lowest BCUT2D eigenvalue weighted by Crippen LogP contribution is -2.32. The van der Waals surface area contributed by atoms with E-state index in [0.717, 1.165) is 11.1 Å². The first kappa shape index (κ1) is 14.8. The Labute approximate surface area is 123 Å². The van der Waals surface area contributed by atoms with Crippen molar-refractivity contribution >= 4 is 5.97 Å². The molecule has 0 aromatic heterocycles. The van der Waals surface area contributed by atoms with Gasteiger partial charge in [0.25, 0.3) is 0 Å². The van der Waals surface area contributed by atoms with Crippen molar-refractivity contribution in [2.45, 2.75) is 12.6 Å². The van der Waals surface area contributed by atoms with E-state index in [4.69, 9.17) is 5.11 Å². The van der Waals surface area contributed by atoms with Gasteiger partial charge in [-0.25, -0.2) is 0 Å². The van der Waals surface area contributed by atoms with E-state index in [1.54, 1.807) is 4.90 Å². The van der Waals surface area contributed by atoms with Crippen LogP contribution in [0.1, 0.15) is 17.2 Å². The number of carboxylic acids is 1. The SMILES string of the molecule is N#CC(c1ccccc1)N(CC(=O)O)Cc1ccccc1. The molecule has 0 aliphatic carbocycles. The topological polar surface area (TPSA) is 64.3 Å². The molecular weight excluding hydrogens is 264 g/mol. The van der Waals surface area contributed by atoms with Gasteiger partial charge in [0.05, 0.1) is 12.6 Å². The van der Waals surface area contributed by atoms with E-state index >= 15 is 0 Å². The van der Waals surface area contributed by atoms with E-state index in [1.165, 1.54) is 0 Å².